The Morgan fingerprint density at radius 2 is 2.17 bits per heavy atom. The van der Waals surface area contributed by atoms with Crippen LogP contribution in [0.2, 0.25) is 5.02 Å². The summed E-state index contributed by atoms with van der Waals surface area (Å²) in [4.78, 5) is 11.1. The molecule has 1 aromatic rings. The molecule has 1 rings (SSSR count). The van der Waals surface area contributed by atoms with Crippen molar-refractivity contribution in [2.45, 2.75) is 32.9 Å². The fourth-order valence-electron chi connectivity index (χ4n) is 1.65. The molecule has 18 heavy (non-hydrogen) atoms. The van der Waals surface area contributed by atoms with Crippen LogP contribution in [-0.2, 0) is 11.3 Å². The van der Waals surface area contributed by atoms with E-state index < -0.39 is 12.0 Å². The molecule has 0 saturated carbocycles. The van der Waals surface area contributed by atoms with Crippen LogP contribution in [0.15, 0.2) is 22.7 Å². The number of hydrogen-bond donors (Lipinski definition) is 2. The Labute approximate surface area is 121 Å². The van der Waals surface area contributed by atoms with E-state index in [1.54, 1.807) is 6.07 Å². The third-order valence-corrected chi connectivity index (χ3v) is 3.41. The highest BCUT2D eigenvalue weighted by Crippen LogP contribution is 2.21. The Hall–Kier alpha value is -0.580. The van der Waals surface area contributed by atoms with E-state index in [1.165, 1.54) is 0 Å². The maximum absolute atomic E-state index is 11.1. The van der Waals surface area contributed by atoms with E-state index in [9.17, 15) is 4.79 Å². The third-order valence-electron chi connectivity index (χ3n) is 2.55. The quantitative estimate of drug-likeness (QED) is 0.834. The zero-order valence-electron chi connectivity index (χ0n) is 10.4. The molecule has 0 fully saturated rings. The van der Waals surface area contributed by atoms with Crippen LogP contribution in [0.3, 0.4) is 0 Å². The number of carboxylic acids is 1. The molecule has 0 aliphatic heterocycles. The van der Waals surface area contributed by atoms with Crippen LogP contribution in [0.1, 0.15) is 25.8 Å². The number of halogens is 2. The molecule has 2 N–H and O–H groups in total. The Kier molecular flexibility index (Phi) is 6.12. The van der Waals surface area contributed by atoms with Gasteiger partial charge < -0.3 is 10.4 Å². The van der Waals surface area contributed by atoms with Gasteiger partial charge >= 0.3 is 5.97 Å². The average molecular weight is 335 g/mol. The van der Waals surface area contributed by atoms with Crippen LogP contribution in [0.25, 0.3) is 0 Å². The molecule has 0 bridgehead atoms. The van der Waals surface area contributed by atoms with Crippen molar-refractivity contribution in [3.8, 4) is 0 Å². The monoisotopic (exact) mass is 333 g/mol. The molecule has 0 spiro atoms. The van der Waals surface area contributed by atoms with Gasteiger partial charge in [-0.1, -0.05) is 41.4 Å². The summed E-state index contributed by atoms with van der Waals surface area (Å²) in [5.74, 6) is -0.494. The summed E-state index contributed by atoms with van der Waals surface area (Å²) in [6.45, 7) is 4.45. The molecule has 5 heteroatoms. The number of rotatable bonds is 6. The largest absolute Gasteiger partial charge is 0.480 e. The lowest BCUT2D eigenvalue weighted by Crippen LogP contribution is -2.37. The van der Waals surface area contributed by atoms with Crippen LogP contribution in [0.4, 0.5) is 0 Å². The molecule has 1 aromatic carbocycles. The fourth-order valence-corrected chi connectivity index (χ4v) is 2.25. The standard InChI is InChI=1S/C13H17BrClNO2/c1-8(2)5-12(13(17)18)16-7-9-6-10(14)3-4-11(9)15/h3-4,6,8,12,16H,5,7H2,1-2H3,(H,17,18)/t12-/m0/s1. The Morgan fingerprint density at radius 1 is 1.50 bits per heavy atom. The highest BCUT2D eigenvalue weighted by molar-refractivity contribution is 9.10. The van der Waals surface area contributed by atoms with Gasteiger partial charge in [-0.05, 0) is 36.1 Å². The van der Waals surface area contributed by atoms with Crippen LogP contribution < -0.4 is 5.32 Å². The SMILES string of the molecule is CC(C)C[C@H](NCc1cc(Br)ccc1Cl)C(=O)O. The van der Waals surface area contributed by atoms with E-state index in [2.05, 4.69) is 21.2 Å². The number of benzene rings is 1. The average Bonchev–Trinajstić information content (AvgIpc) is 2.27. The summed E-state index contributed by atoms with van der Waals surface area (Å²) in [6, 6.07) is 5.00. The second kappa shape index (κ2) is 7.12. The lowest BCUT2D eigenvalue weighted by atomic mass is 10.0. The van der Waals surface area contributed by atoms with Gasteiger partial charge in [0.15, 0.2) is 0 Å². The Balaban J connectivity index is 2.66. The van der Waals surface area contributed by atoms with E-state index in [-0.39, 0.29) is 0 Å². The van der Waals surface area contributed by atoms with Crippen molar-refractivity contribution in [3.05, 3.63) is 33.3 Å². The molecule has 0 aliphatic carbocycles. The first kappa shape index (κ1) is 15.5. The number of carbonyl (C=O) groups is 1. The van der Waals surface area contributed by atoms with Crippen molar-refractivity contribution in [3.63, 3.8) is 0 Å². The molecule has 0 saturated heterocycles. The second-order valence-corrected chi connectivity index (χ2v) is 5.96. The smallest absolute Gasteiger partial charge is 0.320 e. The maximum Gasteiger partial charge on any atom is 0.320 e. The van der Waals surface area contributed by atoms with E-state index in [0.717, 1.165) is 10.0 Å². The minimum Gasteiger partial charge on any atom is -0.480 e. The Bertz CT molecular complexity index is 423. The minimum absolute atomic E-state index is 0.330. The van der Waals surface area contributed by atoms with Crippen molar-refractivity contribution in [2.75, 3.05) is 0 Å². The molecule has 3 nitrogen and oxygen atoms in total. The summed E-state index contributed by atoms with van der Waals surface area (Å²) in [7, 11) is 0. The molecule has 0 heterocycles. The summed E-state index contributed by atoms with van der Waals surface area (Å²) in [5, 5.41) is 12.8. The first-order valence-electron chi connectivity index (χ1n) is 5.80. The molecule has 0 radical (unpaired) electrons. The second-order valence-electron chi connectivity index (χ2n) is 4.64. The molecular formula is C13H17BrClNO2. The number of nitrogens with one attached hydrogen (secondary N) is 1. The lowest BCUT2D eigenvalue weighted by molar-refractivity contribution is -0.140. The van der Waals surface area contributed by atoms with Gasteiger partial charge in [0.1, 0.15) is 6.04 Å². The van der Waals surface area contributed by atoms with Gasteiger partial charge in [-0.3, -0.25) is 4.79 Å². The molecular weight excluding hydrogens is 318 g/mol. The third kappa shape index (κ3) is 4.96. The first-order valence-corrected chi connectivity index (χ1v) is 6.97. The predicted molar refractivity (Wildman–Crippen MR) is 76.9 cm³/mol. The number of carboxylic acid groups (broad SMARTS) is 1. The minimum atomic E-state index is -0.824. The zero-order valence-corrected chi connectivity index (χ0v) is 12.8. The molecule has 0 aliphatic rings. The van der Waals surface area contributed by atoms with Crippen LogP contribution >= 0.6 is 27.5 Å². The van der Waals surface area contributed by atoms with Crippen LogP contribution in [0, 0.1) is 5.92 Å². The lowest BCUT2D eigenvalue weighted by Gasteiger charge is -2.17. The number of hydrogen-bond acceptors (Lipinski definition) is 2. The molecule has 0 unspecified atom stereocenters. The van der Waals surface area contributed by atoms with Crippen molar-refractivity contribution in [1.82, 2.24) is 5.32 Å². The summed E-state index contributed by atoms with van der Waals surface area (Å²) in [5.41, 5.74) is 0.890. The summed E-state index contributed by atoms with van der Waals surface area (Å²) in [6.07, 6.45) is 0.598. The van der Waals surface area contributed by atoms with Gasteiger partial charge in [-0.2, -0.15) is 0 Å². The van der Waals surface area contributed by atoms with Crippen molar-refractivity contribution in [1.29, 1.82) is 0 Å². The van der Waals surface area contributed by atoms with Gasteiger partial charge in [0.05, 0.1) is 0 Å². The summed E-state index contributed by atoms with van der Waals surface area (Å²) < 4.78 is 0.930. The predicted octanol–water partition coefficient (Wildman–Crippen LogP) is 3.69. The zero-order chi connectivity index (χ0) is 13.7. The molecule has 0 amide bonds. The van der Waals surface area contributed by atoms with Crippen LogP contribution in [-0.4, -0.2) is 17.1 Å². The first-order chi connectivity index (χ1) is 8.40. The van der Waals surface area contributed by atoms with Gasteiger partial charge in [-0.15, -0.1) is 0 Å². The van der Waals surface area contributed by atoms with E-state index in [4.69, 9.17) is 16.7 Å². The van der Waals surface area contributed by atoms with Crippen molar-refractivity contribution < 1.29 is 9.90 Å². The van der Waals surface area contributed by atoms with Gasteiger partial charge in [0.2, 0.25) is 0 Å². The van der Waals surface area contributed by atoms with Gasteiger partial charge in [-0.25, -0.2) is 0 Å². The summed E-state index contributed by atoms with van der Waals surface area (Å²) >= 11 is 9.43. The van der Waals surface area contributed by atoms with E-state index in [0.29, 0.717) is 23.9 Å². The van der Waals surface area contributed by atoms with Gasteiger partial charge in [0.25, 0.3) is 0 Å². The van der Waals surface area contributed by atoms with E-state index in [1.807, 2.05) is 26.0 Å². The fraction of sp³-hybridized carbons (Fsp3) is 0.462. The number of aliphatic carboxylic acids is 1. The maximum atomic E-state index is 11.1. The van der Waals surface area contributed by atoms with Crippen molar-refractivity contribution >= 4 is 33.5 Å². The molecule has 100 valence electrons. The van der Waals surface area contributed by atoms with E-state index >= 15 is 0 Å². The highest BCUT2D eigenvalue weighted by Gasteiger charge is 2.18. The van der Waals surface area contributed by atoms with Gasteiger partial charge in [0, 0.05) is 16.0 Å². The normalized spacial score (nSPS) is 12.7. The van der Waals surface area contributed by atoms with Crippen molar-refractivity contribution in [2.24, 2.45) is 5.92 Å². The van der Waals surface area contributed by atoms with Crippen LogP contribution in [0.5, 0.6) is 0 Å². The highest BCUT2D eigenvalue weighted by atomic mass is 79.9. The Morgan fingerprint density at radius 3 is 2.72 bits per heavy atom. The molecule has 1 atom stereocenters. The topological polar surface area (TPSA) is 49.3 Å². The molecule has 0 aromatic heterocycles.